The lowest BCUT2D eigenvalue weighted by molar-refractivity contribution is 0.307. The fraction of sp³-hybridized carbons (Fsp3) is 0.263. The number of sulfonamides is 1. The minimum absolute atomic E-state index is 0.00348. The smallest absolute Gasteiger partial charge is 0.257 e. The van der Waals surface area contributed by atoms with Gasteiger partial charge in [0.2, 0.25) is 10.0 Å². The van der Waals surface area contributed by atoms with Crippen molar-refractivity contribution >= 4 is 21.6 Å². The number of aromatic nitrogens is 2. The van der Waals surface area contributed by atoms with Crippen molar-refractivity contribution in [1.29, 1.82) is 0 Å². The fourth-order valence-corrected chi connectivity index (χ4v) is 5.01. The van der Waals surface area contributed by atoms with Crippen molar-refractivity contribution in [2.45, 2.75) is 23.7 Å². The summed E-state index contributed by atoms with van der Waals surface area (Å²) in [7, 11) is -3.58. The predicted octanol–water partition coefficient (Wildman–Crippen LogP) is 4.10. The molecule has 0 unspecified atom stereocenters. The minimum Gasteiger partial charge on any atom is -0.334 e. The van der Waals surface area contributed by atoms with Crippen LogP contribution in [-0.2, 0) is 10.0 Å². The minimum atomic E-state index is -3.58. The predicted molar refractivity (Wildman–Crippen MR) is 102 cm³/mol. The average molecular weight is 422 g/mol. The van der Waals surface area contributed by atoms with Crippen LogP contribution in [0.3, 0.4) is 0 Å². The summed E-state index contributed by atoms with van der Waals surface area (Å²) >= 11 is 5.92. The number of halogens is 2. The molecule has 2 heterocycles. The van der Waals surface area contributed by atoms with Crippen LogP contribution >= 0.6 is 11.6 Å². The third kappa shape index (κ3) is 3.80. The Morgan fingerprint density at radius 3 is 2.50 bits per heavy atom. The van der Waals surface area contributed by atoms with Crippen LogP contribution < -0.4 is 0 Å². The maximum absolute atomic E-state index is 13.0. The zero-order valence-electron chi connectivity index (χ0n) is 14.8. The third-order valence-electron chi connectivity index (χ3n) is 4.79. The topological polar surface area (TPSA) is 76.3 Å². The van der Waals surface area contributed by atoms with E-state index in [0.29, 0.717) is 48.2 Å². The number of piperidine rings is 1. The van der Waals surface area contributed by atoms with Gasteiger partial charge in [0.15, 0.2) is 5.82 Å². The van der Waals surface area contributed by atoms with Crippen molar-refractivity contribution in [3.8, 4) is 11.5 Å². The van der Waals surface area contributed by atoms with E-state index in [2.05, 4.69) is 10.1 Å². The van der Waals surface area contributed by atoms with E-state index >= 15 is 0 Å². The zero-order chi connectivity index (χ0) is 19.7. The normalized spacial score (nSPS) is 16.4. The SMILES string of the molecule is O=S(=O)(c1cccc(Cl)c1)N1CCC(c2noc(-c3ccc(F)cc3)n2)CC1. The Morgan fingerprint density at radius 2 is 1.82 bits per heavy atom. The highest BCUT2D eigenvalue weighted by Gasteiger charge is 2.32. The molecule has 0 aliphatic carbocycles. The second-order valence-electron chi connectivity index (χ2n) is 6.60. The lowest BCUT2D eigenvalue weighted by Gasteiger charge is -2.29. The second kappa shape index (κ2) is 7.62. The van der Waals surface area contributed by atoms with E-state index in [1.54, 1.807) is 30.3 Å². The van der Waals surface area contributed by atoms with Crippen molar-refractivity contribution in [1.82, 2.24) is 14.4 Å². The van der Waals surface area contributed by atoms with E-state index in [9.17, 15) is 12.8 Å². The van der Waals surface area contributed by atoms with Crippen molar-refractivity contribution in [3.63, 3.8) is 0 Å². The summed E-state index contributed by atoms with van der Waals surface area (Å²) in [4.78, 5) is 4.60. The van der Waals surface area contributed by atoms with Crippen LogP contribution in [0.5, 0.6) is 0 Å². The summed E-state index contributed by atoms with van der Waals surface area (Å²) in [5.41, 5.74) is 0.640. The first kappa shape index (κ1) is 19.0. The van der Waals surface area contributed by atoms with Crippen LogP contribution in [0.1, 0.15) is 24.6 Å². The van der Waals surface area contributed by atoms with Crippen molar-refractivity contribution in [2.75, 3.05) is 13.1 Å². The van der Waals surface area contributed by atoms with Gasteiger partial charge in [-0.15, -0.1) is 0 Å². The van der Waals surface area contributed by atoms with Gasteiger partial charge in [0, 0.05) is 29.6 Å². The van der Waals surface area contributed by atoms with E-state index in [4.69, 9.17) is 16.1 Å². The molecule has 0 saturated carbocycles. The number of benzene rings is 2. The summed E-state index contributed by atoms with van der Waals surface area (Å²) in [6, 6.07) is 12.1. The van der Waals surface area contributed by atoms with Crippen LogP contribution in [0.2, 0.25) is 5.02 Å². The molecule has 3 aromatic rings. The lowest BCUT2D eigenvalue weighted by atomic mass is 9.97. The zero-order valence-corrected chi connectivity index (χ0v) is 16.3. The van der Waals surface area contributed by atoms with Gasteiger partial charge < -0.3 is 4.52 Å². The third-order valence-corrected chi connectivity index (χ3v) is 6.92. The quantitative estimate of drug-likeness (QED) is 0.634. The van der Waals surface area contributed by atoms with Gasteiger partial charge in [0.05, 0.1) is 4.90 Å². The molecule has 9 heteroatoms. The number of hydrogen-bond donors (Lipinski definition) is 0. The van der Waals surface area contributed by atoms with E-state index < -0.39 is 10.0 Å². The first-order valence-corrected chi connectivity index (χ1v) is 10.6. The summed E-state index contributed by atoms with van der Waals surface area (Å²) in [5.74, 6) is 0.531. The molecule has 0 amide bonds. The summed E-state index contributed by atoms with van der Waals surface area (Å²) < 4.78 is 45.4. The number of hydrogen-bond acceptors (Lipinski definition) is 5. The highest BCUT2D eigenvalue weighted by atomic mass is 35.5. The second-order valence-corrected chi connectivity index (χ2v) is 8.97. The molecule has 28 heavy (non-hydrogen) atoms. The van der Waals surface area contributed by atoms with Gasteiger partial charge in [-0.2, -0.15) is 9.29 Å². The summed E-state index contributed by atoms with van der Waals surface area (Å²) in [6.07, 6.45) is 1.17. The van der Waals surface area contributed by atoms with Gasteiger partial charge in [0.25, 0.3) is 5.89 Å². The molecule has 1 aromatic heterocycles. The van der Waals surface area contributed by atoms with Gasteiger partial charge in [-0.3, -0.25) is 0 Å². The molecular weight excluding hydrogens is 405 g/mol. The molecule has 0 radical (unpaired) electrons. The molecular formula is C19H17ClFN3O3S. The first-order valence-electron chi connectivity index (χ1n) is 8.79. The van der Waals surface area contributed by atoms with Gasteiger partial charge in [-0.25, -0.2) is 12.8 Å². The lowest BCUT2D eigenvalue weighted by Crippen LogP contribution is -2.38. The van der Waals surface area contributed by atoms with E-state index in [1.165, 1.54) is 22.5 Å². The molecule has 0 atom stereocenters. The first-order chi connectivity index (χ1) is 13.4. The van der Waals surface area contributed by atoms with E-state index in [0.717, 1.165) is 0 Å². The standard InChI is InChI=1S/C19H17ClFN3O3S/c20-15-2-1-3-17(12-15)28(25,26)24-10-8-13(9-11-24)18-22-19(27-23-18)14-4-6-16(21)7-5-14/h1-7,12-13H,8-11H2. The maximum atomic E-state index is 13.0. The average Bonchev–Trinajstić information content (AvgIpc) is 3.19. The molecule has 0 spiro atoms. The molecule has 2 aromatic carbocycles. The molecule has 6 nitrogen and oxygen atoms in total. The Balaban J connectivity index is 1.45. The summed E-state index contributed by atoms with van der Waals surface area (Å²) in [6.45, 7) is 0.722. The molecule has 0 bridgehead atoms. The van der Waals surface area contributed by atoms with Crippen molar-refractivity contribution < 1.29 is 17.3 Å². The van der Waals surface area contributed by atoms with Crippen LogP contribution in [0.15, 0.2) is 57.9 Å². The monoisotopic (exact) mass is 421 g/mol. The van der Waals surface area contributed by atoms with Crippen LogP contribution in [0.4, 0.5) is 4.39 Å². The molecule has 1 saturated heterocycles. The number of nitrogens with zero attached hydrogens (tertiary/aromatic N) is 3. The van der Waals surface area contributed by atoms with Gasteiger partial charge >= 0.3 is 0 Å². The summed E-state index contributed by atoms with van der Waals surface area (Å²) in [5, 5.41) is 4.42. The molecule has 4 rings (SSSR count). The molecule has 1 aliphatic rings. The highest BCUT2D eigenvalue weighted by molar-refractivity contribution is 7.89. The Kier molecular flexibility index (Phi) is 5.18. The van der Waals surface area contributed by atoms with Crippen molar-refractivity contribution in [3.05, 3.63) is 65.2 Å². The molecule has 1 aliphatic heterocycles. The molecule has 146 valence electrons. The van der Waals surface area contributed by atoms with Crippen LogP contribution in [0.25, 0.3) is 11.5 Å². The largest absolute Gasteiger partial charge is 0.334 e. The molecule has 1 fully saturated rings. The highest BCUT2D eigenvalue weighted by Crippen LogP contribution is 2.31. The van der Waals surface area contributed by atoms with Gasteiger partial charge in [-0.1, -0.05) is 22.8 Å². The molecule has 0 N–H and O–H groups in total. The fourth-order valence-electron chi connectivity index (χ4n) is 3.24. The van der Waals surface area contributed by atoms with Crippen molar-refractivity contribution in [2.24, 2.45) is 0 Å². The Morgan fingerprint density at radius 1 is 1.11 bits per heavy atom. The Hall–Kier alpha value is -2.29. The Bertz CT molecular complexity index is 1080. The van der Waals surface area contributed by atoms with Crippen LogP contribution in [0, 0.1) is 5.82 Å². The number of rotatable bonds is 4. The van der Waals surface area contributed by atoms with Gasteiger partial charge in [0.1, 0.15) is 5.82 Å². The maximum Gasteiger partial charge on any atom is 0.257 e. The van der Waals surface area contributed by atoms with E-state index in [-0.39, 0.29) is 16.6 Å². The van der Waals surface area contributed by atoms with Crippen LogP contribution in [-0.4, -0.2) is 36.0 Å². The Labute approximate surface area is 167 Å². The van der Waals surface area contributed by atoms with Gasteiger partial charge in [-0.05, 0) is 55.3 Å². The van der Waals surface area contributed by atoms with E-state index in [1.807, 2.05) is 0 Å².